The smallest absolute Gasteiger partial charge is 0.325 e. The normalized spacial score (nSPS) is 11.6. The van der Waals surface area contributed by atoms with Gasteiger partial charge in [-0.3, -0.25) is 9.59 Å². The van der Waals surface area contributed by atoms with Gasteiger partial charge in [0.25, 0.3) is 5.91 Å². The Labute approximate surface area is 99.8 Å². The standard InChI is InChI=1S/C12H16N2O3/c1-3-13-10-6-4-9(5-7-10)11(15)14-8(2)12(16)17/h4-8,13H,3H2,1-2H3,(H,14,15)(H,16,17). The van der Waals surface area contributed by atoms with Crippen molar-refractivity contribution >= 4 is 17.6 Å². The zero-order valence-corrected chi connectivity index (χ0v) is 9.86. The highest BCUT2D eigenvalue weighted by Crippen LogP contribution is 2.09. The number of nitrogens with one attached hydrogen (secondary N) is 2. The minimum Gasteiger partial charge on any atom is -0.480 e. The van der Waals surface area contributed by atoms with Crippen LogP contribution < -0.4 is 10.6 Å². The van der Waals surface area contributed by atoms with E-state index in [1.165, 1.54) is 6.92 Å². The number of carboxylic acid groups (broad SMARTS) is 1. The van der Waals surface area contributed by atoms with Gasteiger partial charge in [-0.05, 0) is 38.1 Å². The van der Waals surface area contributed by atoms with E-state index in [2.05, 4.69) is 10.6 Å². The summed E-state index contributed by atoms with van der Waals surface area (Å²) in [5, 5.41) is 14.2. The van der Waals surface area contributed by atoms with Crippen LogP contribution in [0, 0.1) is 0 Å². The zero-order valence-electron chi connectivity index (χ0n) is 9.86. The Hall–Kier alpha value is -2.04. The van der Waals surface area contributed by atoms with Crippen molar-refractivity contribution in [1.82, 2.24) is 5.32 Å². The van der Waals surface area contributed by atoms with Crippen molar-refractivity contribution in [1.29, 1.82) is 0 Å². The van der Waals surface area contributed by atoms with Crippen molar-refractivity contribution in [2.45, 2.75) is 19.9 Å². The van der Waals surface area contributed by atoms with Crippen LogP contribution in [0.5, 0.6) is 0 Å². The first kappa shape index (κ1) is 13.0. The average molecular weight is 236 g/mol. The van der Waals surface area contributed by atoms with E-state index in [4.69, 9.17) is 5.11 Å². The summed E-state index contributed by atoms with van der Waals surface area (Å²) in [7, 11) is 0. The van der Waals surface area contributed by atoms with Crippen molar-refractivity contribution in [2.75, 3.05) is 11.9 Å². The Morgan fingerprint density at radius 1 is 1.29 bits per heavy atom. The highest BCUT2D eigenvalue weighted by molar-refractivity contribution is 5.96. The van der Waals surface area contributed by atoms with Crippen molar-refractivity contribution < 1.29 is 14.7 Å². The maximum Gasteiger partial charge on any atom is 0.325 e. The van der Waals surface area contributed by atoms with Gasteiger partial charge in [-0.25, -0.2) is 0 Å². The molecule has 1 aromatic carbocycles. The quantitative estimate of drug-likeness (QED) is 0.720. The van der Waals surface area contributed by atoms with Crippen LogP contribution in [-0.4, -0.2) is 29.6 Å². The molecule has 0 saturated carbocycles. The summed E-state index contributed by atoms with van der Waals surface area (Å²) >= 11 is 0. The van der Waals surface area contributed by atoms with E-state index in [0.717, 1.165) is 12.2 Å². The van der Waals surface area contributed by atoms with Crippen molar-refractivity contribution in [3.05, 3.63) is 29.8 Å². The Morgan fingerprint density at radius 2 is 1.88 bits per heavy atom. The van der Waals surface area contributed by atoms with E-state index in [0.29, 0.717) is 5.56 Å². The molecule has 0 radical (unpaired) electrons. The van der Waals surface area contributed by atoms with Gasteiger partial charge in [0.15, 0.2) is 0 Å². The molecular weight excluding hydrogens is 220 g/mol. The topological polar surface area (TPSA) is 78.4 Å². The van der Waals surface area contributed by atoms with Gasteiger partial charge in [-0.15, -0.1) is 0 Å². The fraction of sp³-hybridized carbons (Fsp3) is 0.333. The van der Waals surface area contributed by atoms with E-state index in [1.54, 1.807) is 24.3 Å². The third-order valence-corrected chi connectivity index (χ3v) is 2.25. The van der Waals surface area contributed by atoms with Crippen molar-refractivity contribution in [3.63, 3.8) is 0 Å². The molecule has 17 heavy (non-hydrogen) atoms. The molecular formula is C12H16N2O3. The Balaban J connectivity index is 2.66. The second-order valence-electron chi connectivity index (χ2n) is 3.64. The zero-order chi connectivity index (χ0) is 12.8. The predicted molar refractivity (Wildman–Crippen MR) is 65.2 cm³/mol. The molecule has 0 aliphatic heterocycles. The second kappa shape index (κ2) is 5.89. The lowest BCUT2D eigenvalue weighted by Crippen LogP contribution is -2.38. The Bertz CT molecular complexity index is 401. The molecule has 3 N–H and O–H groups in total. The molecule has 92 valence electrons. The molecule has 1 aromatic rings. The molecule has 1 amide bonds. The molecule has 0 aliphatic rings. The van der Waals surface area contributed by atoms with Gasteiger partial charge in [0.1, 0.15) is 6.04 Å². The lowest BCUT2D eigenvalue weighted by molar-refractivity contribution is -0.138. The van der Waals surface area contributed by atoms with E-state index < -0.39 is 12.0 Å². The van der Waals surface area contributed by atoms with E-state index in [1.807, 2.05) is 6.92 Å². The second-order valence-corrected chi connectivity index (χ2v) is 3.64. The van der Waals surface area contributed by atoms with Gasteiger partial charge < -0.3 is 15.7 Å². The minimum absolute atomic E-state index is 0.386. The molecule has 0 aliphatic carbocycles. The van der Waals surface area contributed by atoms with E-state index >= 15 is 0 Å². The van der Waals surface area contributed by atoms with Crippen LogP contribution in [-0.2, 0) is 4.79 Å². The van der Waals surface area contributed by atoms with E-state index in [-0.39, 0.29) is 5.91 Å². The van der Waals surface area contributed by atoms with Gasteiger partial charge in [-0.2, -0.15) is 0 Å². The SMILES string of the molecule is CCNc1ccc(C(=O)NC(C)C(=O)O)cc1. The first-order valence-corrected chi connectivity index (χ1v) is 5.42. The summed E-state index contributed by atoms with van der Waals surface area (Å²) in [5.41, 5.74) is 1.37. The molecule has 1 atom stereocenters. The minimum atomic E-state index is -1.05. The lowest BCUT2D eigenvalue weighted by atomic mass is 10.2. The van der Waals surface area contributed by atoms with Crippen LogP contribution >= 0.6 is 0 Å². The van der Waals surface area contributed by atoms with Gasteiger partial charge in [0, 0.05) is 17.8 Å². The third-order valence-electron chi connectivity index (χ3n) is 2.25. The number of carbonyl (C=O) groups excluding carboxylic acids is 1. The maximum absolute atomic E-state index is 11.6. The predicted octanol–water partition coefficient (Wildman–Crippen LogP) is 1.32. The number of amides is 1. The molecule has 0 bridgehead atoms. The van der Waals surface area contributed by atoms with Crippen LogP contribution in [0.1, 0.15) is 24.2 Å². The average Bonchev–Trinajstić information content (AvgIpc) is 2.30. The van der Waals surface area contributed by atoms with Gasteiger partial charge in [0.2, 0.25) is 0 Å². The maximum atomic E-state index is 11.6. The Kier molecular flexibility index (Phi) is 4.51. The number of aliphatic carboxylic acids is 1. The largest absolute Gasteiger partial charge is 0.480 e. The summed E-state index contributed by atoms with van der Waals surface area (Å²) in [5.74, 6) is -1.44. The molecule has 0 fully saturated rings. The highest BCUT2D eigenvalue weighted by atomic mass is 16.4. The highest BCUT2D eigenvalue weighted by Gasteiger charge is 2.14. The van der Waals surface area contributed by atoms with E-state index in [9.17, 15) is 9.59 Å². The number of rotatable bonds is 5. The van der Waals surface area contributed by atoms with Gasteiger partial charge in [0.05, 0.1) is 0 Å². The molecule has 0 aromatic heterocycles. The molecule has 5 heteroatoms. The van der Waals surface area contributed by atoms with Crippen LogP contribution in [0.4, 0.5) is 5.69 Å². The number of hydrogen-bond donors (Lipinski definition) is 3. The van der Waals surface area contributed by atoms with Crippen LogP contribution in [0.25, 0.3) is 0 Å². The summed E-state index contributed by atoms with van der Waals surface area (Å²) < 4.78 is 0. The number of carboxylic acids is 1. The molecule has 1 rings (SSSR count). The monoisotopic (exact) mass is 236 g/mol. The molecule has 5 nitrogen and oxygen atoms in total. The molecule has 1 unspecified atom stereocenters. The number of anilines is 1. The van der Waals surface area contributed by atoms with Crippen molar-refractivity contribution in [2.24, 2.45) is 0 Å². The third kappa shape index (κ3) is 3.79. The van der Waals surface area contributed by atoms with Crippen molar-refractivity contribution in [3.8, 4) is 0 Å². The number of hydrogen-bond acceptors (Lipinski definition) is 3. The summed E-state index contributed by atoms with van der Waals surface area (Å²) in [4.78, 5) is 22.2. The summed E-state index contributed by atoms with van der Waals surface area (Å²) in [6.07, 6.45) is 0. The molecule has 0 spiro atoms. The fourth-order valence-electron chi connectivity index (χ4n) is 1.29. The molecule has 0 heterocycles. The Morgan fingerprint density at radius 3 is 2.35 bits per heavy atom. The first-order valence-electron chi connectivity index (χ1n) is 5.42. The van der Waals surface area contributed by atoms with Crippen LogP contribution in [0.15, 0.2) is 24.3 Å². The first-order chi connectivity index (χ1) is 8.04. The van der Waals surface area contributed by atoms with Gasteiger partial charge in [-0.1, -0.05) is 0 Å². The fourth-order valence-corrected chi connectivity index (χ4v) is 1.29. The summed E-state index contributed by atoms with van der Waals surface area (Å²) in [6, 6.07) is 5.98. The van der Waals surface area contributed by atoms with Crippen LogP contribution in [0.2, 0.25) is 0 Å². The lowest BCUT2D eigenvalue weighted by Gasteiger charge is -2.09. The number of benzene rings is 1. The number of carbonyl (C=O) groups is 2. The van der Waals surface area contributed by atoms with Gasteiger partial charge >= 0.3 is 5.97 Å². The van der Waals surface area contributed by atoms with Crippen LogP contribution in [0.3, 0.4) is 0 Å². The summed E-state index contributed by atoms with van der Waals surface area (Å²) in [6.45, 7) is 4.21. The molecule has 0 saturated heterocycles.